The molecule has 46 heavy (non-hydrogen) atoms. The quantitative estimate of drug-likeness (QED) is 0.155. The van der Waals surface area contributed by atoms with E-state index >= 15 is 0 Å². The summed E-state index contributed by atoms with van der Waals surface area (Å²) in [6.07, 6.45) is 0. The van der Waals surface area contributed by atoms with Crippen LogP contribution in [-0.2, 0) is 0 Å². The van der Waals surface area contributed by atoms with Gasteiger partial charge in [0.1, 0.15) is 0 Å². The second-order valence-corrected chi connectivity index (χ2v) is 8.41. The number of hydrogen-bond donors (Lipinski definition) is 0. The van der Waals surface area contributed by atoms with Gasteiger partial charge in [0.05, 0.1) is 0 Å². The molecule has 0 aliphatic rings. The van der Waals surface area contributed by atoms with Gasteiger partial charge in [-0.25, -0.2) is 0 Å². The van der Waals surface area contributed by atoms with Crippen molar-refractivity contribution in [2.24, 2.45) is 0 Å². The molecule has 4 aromatic carbocycles. The molecule has 1 heterocycles. The minimum Gasteiger partial charge on any atom is -0.872 e. The Balaban J connectivity index is -0.000000484. The van der Waals surface area contributed by atoms with E-state index in [1.54, 1.807) is 48.5 Å². The Hall–Kier alpha value is 5.94. The summed E-state index contributed by atoms with van der Waals surface area (Å²) in [4.78, 5) is 38.2. The summed E-state index contributed by atoms with van der Waals surface area (Å²) in [7, 11) is 0. The van der Waals surface area contributed by atoms with Gasteiger partial charge in [-0.1, -0.05) is 97.1 Å². The van der Waals surface area contributed by atoms with Crippen LogP contribution in [0.4, 0.5) is 0 Å². The summed E-state index contributed by atoms with van der Waals surface area (Å²) in [5.74, 6) is -0.820. The number of aromatic nitrogens is 3. The van der Waals surface area contributed by atoms with E-state index in [1.165, 1.54) is 48.5 Å². The molecule has 0 spiro atoms. The summed E-state index contributed by atoms with van der Waals surface area (Å²) in [5, 5.41) is 46.8. The van der Waals surface area contributed by atoms with E-state index in [4.69, 9.17) is 0 Å². The van der Waals surface area contributed by atoms with Crippen LogP contribution < -0.4 is 412 Å². The molecule has 0 amide bonds. The fraction of sp³-hybridized carbons (Fsp3) is 0.0690. The average Bonchev–Trinajstić information content (AvgIpc) is 2.90. The van der Waals surface area contributed by atoms with Crippen molar-refractivity contribution in [2.45, 2.75) is 11.8 Å². The fourth-order valence-corrected chi connectivity index (χ4v) is 4.18. The monoisotopic (exact) mass is 793 g/mol. The Morgan fingerprint density at radius 3 is 0.630 bits per heavy atom. The van der Waals surface area contributed by atoms with E-state index in [1.807, 2.05) is 0 Å². The van der Waals surface area contributed by atoms with Crippen molar-refractivity contribution in [3.8, 4) is 23.0 Å². The molecule has 0 N–H and O–H groups in total. The van der Waals surface area contributed by atoms with Crippen LogP contribution in [0.15, 0.2) is 111 Å². The molecule has 1 aromatic heterocycles. The standard InChI is InChI=1S/C26H22O4.C3H3N3O3.7K/c27-21-9-1-17(2-10-21)25(18-3-11-22(28)12-4-18)26(19-5-13-23(29)14-6-19)20-7-15-24(30)16-8-20;7-1-4-2(8)6-3(9)5-1;;;;;;;/h1-16,25-30H;(H3,4,5,6,7,8,9);;;;;;;/q;;7*+1/p-7. The number of benzene rings is 4. The SMILES string of the molecule is O=c1[n-]c(=O)[n-]c(=O)[n-]1.[K+].[K+].[K+].[K+].[K+].[K+].[K+].[O-]c1ccc(C(c2ccc([O-])cc2)C(c2ccc([O-])cc2)c2ccc([O-])cc2)cc1. The van der Waals surface area contributed by atoms with Gasteiger partial charge >= 0.3 is 360 Å². The van der Waals surface area contributed by atoms with E-state index in [0.717, 1.165) is 22.3 Å². The van der Waals surface area contributed by atoms with Gasteiger partial charge in [-0.3, -0.25) is 0 Å². The van der Waals surface area contributed by atoms with Crippen LogP contribution in [0.5, 0.6) is 23.0 Å². The van der Waals surface area contributed by atoms with Gasteiger partial charge in [-0.2, -0.15) is 0 Å². The summed E-state index contributed by atoms with van der Waals surface area (Å²) < 4.78 is 0. The molecular weight excluding hydrogens is 776 g/mol. The third-order valence-corrected chi connectivity index (χ3v) is 5.86. The number of rotatable bonds is 5. The van der Waals surface area contributed by atoms with Crippen molar-refractivity contribution in [3.05, 3.63) is 151 Å². The largest absolute Gasteiger partial charge is 1.00 e. The predicted octanol–water partition coefficient (Wildman–Crippen LogP) is -21.4. The third kappa shape index (κ3) is 19.7. The van der Waals surface area contributed by atoms with Gasteiger partial charge in [-0.05, 0) is 39.3 Å². The first-order chi connectivity index (χ1) is 18.7. The van der Waals surface area contributed by atoms with Crippen LogP contribution >= 0.6 is 0 Å². The van der Waals surface area contributed by atoms with E-state index < -0.39 is 17.1 Å². The molecule has 198 valence electrons. The molecule has 0 radical (unpaired) electrons. The van der Waals surface area contributed by atoms with E-state index in [2.05, 4.69) is 15.0 Å². The van der Waals surface area contributed by atoms with Crippen molar-refractivity contribution >= 4 is 0 Å². The Kier molecular flexibility index (Phi) is 39.6. The van der Waals surface area contributed by atoms with E-state index in [0.29, 0.717) is 0 Å². The normalized spacial score (nSPS) is 9.09. The number of hydrogen-bond acceptors (Lipinski definition) is 7. The first-order valence-electron chi connectivity index (χ1n) is 11.5. The second-order valence-electron chi connectivity index (χ2n) is 8.41. The number of nitrogens with zero attached hydrogens (tertiary/aromatic N) is 3. The van der Waals surface area contributed by atoms with Crippen LogP contribution in [-0.4, -0.2) is 0 Å². The molecule has 0 aliphatic carbocycles. The Bertz CT molecular complexity index is 1450. The minimum atomic E-state index is -1.08. The van der Waals surface area contributed by atoms with Gasteiger partial charge in [0, 0.05) is 11.8 Å². The minimum absolute atomic E-state index is 0. The van der Waals surface area contributed by atoms with Crippen LogP contribution in [0.1, 0.15) is 34.1 Å². The summed E-state index contributed by atoms with van der Waals surface area (Å²) in [6.45, 7) is 0. The molecule has 0 saturated carbocycles. The topological polar surface area (TPSA) is 186 Å². The Morgan fingerprint density at radius 1 is 0.326 bits per heavy atom. The fourth-order valence-electron chi connectivity index (χ4n) is 4.18. The maximum Gasteiger partial charge on any atom is 1.00 e. The van der Waals surface area contributed by atoms with Crippen LogP contribution in [0.2, 0.25) is 0 Å². The van der Waals surface area contributed by atoms with Crippen molar-refractivity contribution in [2.75, 3.05) is 0 Å². The molecule has 0 atom stereocenters. The maximum absolute atomic E-state index is 11.7. The van der Waals surface area contributed by atoms with Gasteiger partial charge in [0.2, 0.25) is 0 Å². The van der Waals surface area contributed by atoms with Gasteiger partial charge in [-0.15, -0.1) is 23.0 Å². The predicted molar refractivity (Wildman–Crippen MR) is 132 cm³/mol. The molecule has 0 bridgehead atoms. The first kappa shape index (κ1) is 58.6. The molecule has 17 heteroatoms. The molecule has 0 aliphatic heterocycles. The Labute approximate surface area is 563 Å². The van der Waals surface area contributed by atoms with Crippen LogP contribution in [0.3, 0.4) is 0 Å². The average molecular weight is 794 g/mol. The van der Waals surface area contributed by atoms with Crippen molar-refractivity contribution < 1.29 is 380 Å². The molecule has 10 nitrogen and oxygen atoms in total. The van der Waals surface area contributed by atoms with E-state index in [9.17, 15) is 34.8 Å². The third-order valence-electron chi connectivity index (χ3n) is 5.86. The zero-order chi connectivity index (χ0) is 27.9. The van der Waals surface area contributed by atoms with Crippen molar-refractivity contribution in [1.29, 1.82) is 0 Å². The van der Waals surface area contributed by atoms with Crippen molar-refractivity contribution in [1.82, 2.24) is 15.0 Å². The zero-order valence-electron chi connectivity index (χ0n) is 27.1. The molecular formula is C29H18K7N3O7. The van der Waals surface area contributed by atoms with Crippen molar-refractivity contribution in [3.63, 3.8) is 0 Å². The summed E-state index contributed by atoms with van der Waals surface area (Å²) in [5.41, 5.74) is 0.345. The summed E-state index contributed by atoms with van der Waals surface area (Å²) >= 11 is 0. The molecule has 5 rings (SSSR count). The second kappa shape index (κ2) is 31.1. The van der Waals surface area contributed by atoms with Crippen LogP contribution in [0, 0.1) is 0 Å². The van der Waals surface area contributed by atoms with E-state index in [-0.39, 0.29) is 395 Å². The van der Waals surface area contributed by atoms with Gasteiger partial charge in [0.25, 0.3) is 0 Å². The Morgan fingerprint density at radius 2 is 0.478 bits per heavy atom. The zero-order valence-corrected chi connectivity index (χ0v) is 49.0. The van der Waals surface area contributed by atoms with Gasteiger partial charge in [0.15, 0.2) is 0 Å². The first-order valence-corrected chi connectivity index (χ1v) is 11.5. The van der Waals surface area contributed by atoms with Gasteiger partial charge < -0.3 is 49.8 Å². The molecule has 0 saturated heterocycles. The summed E-state index contributed by atoms with van der Waals surface area (Å²) in [6, 6.07) is 26.4. The smallest absolute Gasteiger partial charge is 0.872 e. The molecule has 0 unspecified atom stereocenters. The molecule has 0 fully saturated rings. The maximum atomic E-state index is 11.7. The molecule has 5 aromatic rings. The van der Waals surface area contributed by atoms with Crippen LogP contribution in [0.25, 0.3) is 0 Å².